The predicted molar refractivity (Wildman–Crippen MR) is 143 cm³/mol. The zero-order chi connectivity index (χ0) is 30.2. The van der Waals surface area contributed by atoms with Crippen LogP contribution < -0.4 is 5.73 Å². The third-order valence-corrected chi connectivity index (χ3v) is 8.47. The summed E-state index contributed by atoms with van der Waals surface area (Å²) in [6.45, 7) is 8.82. The number of hydrogen-bond donors (Lipinski definition) is 5. The van der Waals surface area contributed by atoms with Gasteiger partial charge >= 0.3 is 5.97 Å². The first kappa shape index (κ1) is 29.3. The first-order chi connectivity index (χ1) is 18.4. The molecule has 6 atom stereocenters. The van der Waals surface area contributed by atoms with Gasteiger partial charge in [0, 0.05) is 23.5 Å². The number of Topliss-reactive ketones (excluding diaryl/α,β-unsaturated/α-hetero) is 2. The second-order valence-electron chi connectivity index (χ2n) is 12.0. The molecule has 0 bridgehead atoms. The van der Waals surface area contributed by atoms with Crippen LogP contribution in [0.1, 0.15) is 68.4 Å². The highest BCUT2D eigenvalue weighted by Gasteiger charge is 2.68. The predicted octanol–water partition coefficient (Wildman–Crippen LogP) is 1.91. The highest BCUT2D eigenvalue weighted by atomic mass is 16.5. The molecule has 0 radical (unpaired) electrons. The van der Waals surface area contributed by atoms with Gasteiger partial charge in [0.1, 0.15) is 28.9 Å². The zero-order valence-corrected chi connectivity index (χ0v) is 23.6. The van der Waals surface area contributed by atoms with E-state index in [-0.39, 0.29) is 17.7 Å². The molecule has 0 aromatic heterocycles. The number of aromatic hydroxyl groups is 1. The number of carbonyl (C=O) groups is 4. The Morgan fingerprint density at radius 2 is 1.73 bits per heavy atom. The van der Waals surface area contributed by atoms with Crippen LogP contribution in [0.2, 0.25) is 0 Å². The van der Waals surface area contributed by atoms with Gasteiger partial charge in [0.05, 0.1) is 17.5 Å². The average molecular weight is 557 g/mol. The molecule has 1 amide bonds. The van der Waals surface area contributed by atoms with Gasteiger partial charge in [-0.3, -0.25) is 24.1 Å². The minimum atomic E-state index is -2.96. The Bertz CT molecular complexity index is 1400. The number of esters is 1. The largest absolute Gasteiger partial charge is 0.510 e. The number of primary amides is 1. The van der Waals surface area contributed by atoms with Gasteiger partial charge in [0.15, 0.2) is 11.4 Å². The summed E-state index contributed by atoms with van der Waals surface area (Å²) in [4.78, 5) is 54.2. The lowest BCUT2D eigenvalue weighted by Crippen LogP contribution is -2.69. The third-order valence-electron chi connectivity index (χ3n) is 8.47. The van der Waals surface area contributed by atoms with Crippen molar-refractivity contribution < 1.29 is 44.3 Å². The summed E-state index contributed by atoms with van der Waals surface area (Å²) in [6, 6.07) is 2.09. The van der Waals surface area contributed by atoms with E-state index in [1.807, 2.05) is 20.8 Å². The number of aliphatic hydroxyl groups is 3. The molecular formula is C29H36N2O9. The zero-order valence-electron chi connectivity index (χ0n) is 23.6. The van der Waals surface area contributed by atoms with Gasteiger partial charge < -0.3 is 30.9 Å². The summed E-state index contributed by atoms with van der Waals surface area (Å²) in [5, 5.41) is 46.0. The van der Waals surface area contributed by atoms with Crippen LogP contribution in [-0.2, 0) is 24.5 Å². The Hall–Kier alpha value is -3.70. The molecule has 6 N–H and O–H groups in total. The van der Waals surface area contributed by atoms with Crippen LogP contribution in [0.3, 0.4) is 0 Å². The average Bonchev–Trinajstić information content (AvgIpc) is 2.84. The normalized spacial score (nSPS) is 30.2. The number of ether oxygens (including phenoxy) is 1. The monoisotopic (exact) mass is 556 g/mol. The van der Waals surface area contributed by atoms with Crippen molar-refractivity contribution in [1.29, 1.82) is 0 Å². The molecule has 40 heavy (non-hydrogen) atoms. The number of rotatable bonds is 4. The lowest BCUT2D eigenvalue weighted by atomic mass is 9.55. The number of nitrogens with two attached hydrogens (primary N) is 1. The highest BCUT2D eigenvalue weighted by Crippen LogP contribution is 2.57. The number of carbonyl (C=O) groups excluding carboxylic acids is 4. The summed E-state index contributed by atoms with van der Waals surface area (Å²) >= 11 is 0. The number of nitrogens with zero attached hydrogens (tertiary/aromatic N) is 1. The number of likely N-dealkylation sites (N-methyl/N-ethyl adjacent to an activating group) is 1. The van der Waals surface area contributed by atoms with Crippen LogP contribution in [0.15, 0.2) is 34.8 Å². The van der Waals surface area contributed by atoms with E-state index in [1.165, 1.54) is 19.0 Å². The molecule has 0 fully saturated rings. The van der Waals surface area contributed by atoms with Crippen molar-refractivity contribution >= 4 is 23.4 Å². The van der Waals surface area contributed by atoms with E-state index in [0.717, 1.165) is 0 Å². The summed E-state index contributed by atoms with van der Waals surface area (Å²) < 4.78 is 5.82. The quantitative estimate of drug-likeness (QED) is 0.271. The van der Waals surface area contributed by atoms with Crippen LogP contribution in [-0.4, -0.2) is 80.6 Å². The number of phenolic OH excluding ortho intramolecular Hbond substituents is 1. The highest BCUT2D eigenvalue weighted by molar-refractivity contribution is 6.25. The minimum Gasteiger partial charge on any atom is -0.510 e. The third kappa shape index (κ3) is 3.86. The molecule has 11 nitrogen and oxygen atoms in total. The van der Waals surface area contributed by atoms with E-state index in [0.29, 0.717) is 11.1 Å². The fourth-order valence-electron chi connectivity index (χ4n) is 6.58. The molecule has 216 valence electrons. The van der Waals surface area contributed by atoms with Gasteiger partial charge in [-0.2, -0.15) is 0 Å². The second kappa shape index (κ2) is 9.45. The van der Waals surface area contributed by atoms with E-state index >= 15 is 0 Å². The topological polar surface area (TPSA) is 188 Å². The van der Waals surface area contributed by atoms with Crippen molar-refractivity contribution in [2.75, 3.05) is 14.1 Å². The number of ketones is 2. The van der Waals surface area contributed by atoms with E-state index in [1.54, 1.807) is 26.0 Å². The first-order valence-corrected chi connectivity index (χ1v) is 13.1. The van der Waals surface area contributed by atoms with Gasteiger partial charge in [0.2, 0.25) is 5.78 Å². The van der Waals surface area contributed by atoms with Crippen LogP contribution in [0.5, 0.6) is 5.75 Å². The maximum Gasteiger partial charge on any atom is 0.305 e. The van der Waals surface area contributed by atoms with E-state index < -0.39 is 87.0 Å². The molecule has 3 aliphatic rings. The minimum absolute atomic E-state index is 0.0804. The molecule has 0 unspecified atom stereocenters. The van der Waals surface area contributed by atoms with Crippen molar-refractivity contribution in [2.45, 2.75) is 70.1 Å². The number of fused-ring (bicyclic) bond motifs is 3. The first-order valence-electron chi connectivity index (χ1n) is 13.1. The summed E-state index contributed by atoms with van der Waals surface area (Å²) in [5.41, 5.74) is 1.35. The Morgan fingerprint density at radius 3 is 2.23 bits per heavy atom. The molecule has 3 aliphatic carbocycles. The van der Waals surface area contributed by atoms with Crippen LogP contribution in [0.25, 0.3) is 0 Å². The van der Waals surface area contributed by atoms with Crippen molar-refractivity contribution in [1.82, 2.24) is 4.90 Å². The number of hydrogen-bond acceptors (Lipinski definition) is 10. The smallest absolute Gasteiger partial charge is 0.305 e. The summed E-state index contributed by atoms with van der Waals surface area (Å²) in [5.74, 6) is -9.65. The lowest BCUT2D eigenvalue weighted by molar-refractivity contribution is -0.180. The molecular weight excluding hydrogens is 520 g/mol. The molecule has 0 saturated heterocycles. The standard InChI is InChI=1S/C29H36N2O9/c1-8-14(32)40-24-15-11(2)12-9-10-13(28(3,4)5)21(33)16(12)22(34)17(15)25(36)29(39)19(24)20(31(6)7)23(35)18(26(29)37)27(30)38/h9-11,15,19-20,24,33,35-36,39H,8H2,1-7H3,(H2,30,38)/t11-,15+,19+,20-,24-,29-/m0/s1. The molecule has 0 aliphatic heterocycles. The molecule has 1 aromatic carbocycles. The Morgan fingerprint density at radius 1 is 1.12 bits per heavy atom. The second-order valence-corrected chi connectivity index (χ2v) is 12.0. The molecule has 0 saturated carbocycles. The SMILES string of the molecule is CCC(=O)O[C@H]1[C@H]2C(=C(O)[C@]3(O)C(=O)C(C(N)=O)=C(O)[C@@H](N(C)C)[C@H]13)C(=O)c1c(ccc(C(C)(C)C)c1O)[C@@H]2C. The number of aliphatic hydroxyl groups excluding tert-OH is 2. The van der Waals surface area contributed by atoms with Crippen LogP contribution in [0, 0.1) is 11.8 Å². The van der Waals surface area contributed by atoms with E-state index in [2.05, 4.69) is 0 Å². The van der Waals surface area contributed by atoms with E-state index in [4.69, 9.17) is 10.5 Å². The maximum atomic E-state index is 14.1. The van der Waals surface area contributed by atoms with Crippen molar-refractivity contribution in [3.63, 3.8) is 0 Å². The maximum absolute atomic E-state index is 14.1. The van der Waals surface area contributed by atoms with Gasteiger partial charge in [-0.05, 0) is 31.0 Å². The fourth-order valence-corrected chi connectivity index (χ4v) is 6.58. The fraction of sp³-hybridized carbons (Fsp3) is 0.517. The van der Waals surface area contributed by atoms with Gasteiger partial charge in [-0.1, -0.05) is 46.8 Å². The Kier molecular flexibility index (Phi) is 6.92. The van der Waals surface area contributed by atoms with E-state index in [9.17, 15) is 39.6 Å². The molecule has 1 aromatic rings. The Labute approximate surface area is 231 Å². The molecule has 0 heterocycles. The molecule has 4 rings (SSSR count). The number of phenols is 1. The Balaban J connectivity index is 2.11. The summed E-state index contributed by atoms with van der Waals surface area (Å²) in [6.07, 6.45) is -1.49. The molecule has 11 heteroatoms. The van der Waals surface area contributed by atoms with Gasteiger partial charge in [-0.15, -0.1) is 0 Å². The lowest BCUT2D eigenvalue weighted by Gasteiger charge is -2.54. The number of amides is 1. The number of benzene rings is 1. The van der Waals surface area contributed by atoms with Crippen molar-refractivity contribution in [2.24, 2.45) is 17.6 Å². The summed E-state index contributed by atoms with van der Waals surface area (Å²) in [7, 11) is 3.00. The van der Waals surface area contributed by atoms with Crippen molar-refractivity contribution in [3.8, 4) is 5.75 Å². The van der Waals surface area contributed by atoms with Gasteiger partial charge in [0.25, 0.3) is 5.91 Å². The van der Waals surface area contributed by atoms with Crippen molar-refractivity contribution in [3.05, 3.63) is 51.5 Å². The molecule has 0 spiro atoms. The van der Waals surface area contributed by atoms with Gasteiger partial charge in [-0.25, -0.2) is 0 Å². The van der Waals surface area contributed by atoms with Crippen LogP contribution in [0.4, 0.5) is 0 Å². The van der Waals surface area contributed by atoms with Crippen LogP contribution >= 0.6 is 0 Å².